The average molecular weight is 295 g/mol. The maximum atomic E-state index is 12.4. The number of rotatable bonds is 5. The number of carboxylic acids is 1. The summed E-state index contributed by atoms with van der Waals surface area (Å²) in [4.78, 5) is 25.3. The summed E-state index contributed by atoms with van der Waals surface area (Å²) in [6, 6.07) is 0.197. The molecule has 4 nitrogen and oxygen atoms in total. The van der Waals surface area contributed by atoms with Crippen molar-refractivity contribution in [2.45, 2.75) is 77.2 Å². The number of nitrogens with zero attached hydrogens (tertiary/aromatic N) is 1. The molecule has 1 heterocycles. The number of carboxylic acid groups (broad SMARTS) is 1. The van der Waals surface area contributed by atoms with Crippen molar-refractivity contribution in [2.75, 3.05) is 6.54 Å². The molecule has 0 spiro atoms. The Morgan fingerprint density at radius 3 is 2.48 bits per heavy atom. The van der Waals surface area contributed by atoms with Gasteiger partial charge in [0.2, 0.25) is 5.91 Å². The smallest absolute Gasteiger partial charge is 0.308 e. The fourth-order valence-corrected chi connectivity index (χ4v) is 3.82. The van der Waals surface area contributed by atoms with E-state index in [1.54, 1.807) is 0 Å². The molecule has 2 unspecified atom stereocenters. The Bertz CT molecular complexity index is 363. The van der Waals surface area contributed by atoms with Gasteiger partial charge in [0.05, 0.1) is 5.92 Å². The molecule has 0 aromatic rings. The van der Waals surface area contributed by atoms with Gasteiger partial charge in [0.1, 0.15) is 0 Å². The van der Waals surface area contributed by atoms with Crippen molar-refractivity contribution in [1.29, 1.82) is 0 Å². The molecule has 2 atom stereocenters. The molecule has 2 fully saturated rings. The van der Waals surface area contributed by atoms with Crippen LogP contribution < -0.4 is 0 Å². The van der Waals surface area contributed by atoms with Gasteiger partial charge in [-0.05, 0) is 38.5 Å². The van der Waals surface area contributed by atoms with Crippen LogP contribution >= 0.6 is 0 Å². The maximum absolute atomic E-state index is 12.4. The zero-order valence-electron chi connectivity index (χ0n) is 13.2. The zero-order chi connectivity index (χ0) is 15.2. The fourth-order valence-electron chi connectivity index (χ4n) is 3.82. The topological polar surface area (TPSA) is 57.6 Å². The first kappa shape index (κ1) is 16.3. The van der Waals surface area contributed by atoms with Crippen LogP contribution in [0.4, 0.5) is 0 Å². The number of carbonyl (C=O) groups excluding carboxylic acids is 1. The van der Waals surface area contributed by atoms with Gasteiger partial charge in [-0.25, -0.2) is 0 Å². The van der Waals surface area contributed by atoms with E-state index in [1.165, 1.54) is 32.1 Å². The molecular formula is C17H29NO3. The van der Waals surface area contributed by atoms with Crippen LogP contribution in [-0.4, -0.2) is 34.5 Å². The first-order chi connectivity index (χ1) is 10.1. The van der Waals surface area contributed by atoms with Gasteiger partial charge in [-0.2, -0.15) is 0 Å². The lowest BCUT2D eigenvalue weighted by molar-refractivity contribution is -0.147. The Balaban J connectivity index is 1.74. The Hall–Kier alpha value is -1.06. The van der Waals surface area contributed by atoms with Gasteiger partial charge in [-0.1, -0.05) is 32.1 Å². The molecule has 1 saturated carbocycles. The Kier molecular flexibility index (Phi) is 6.07. The molecule has 1 amide bonds. The highest BCUT2D eigenvalue weighted by Gasteiger charge is 2.32. The highest BCUT2D eigenvalue weighted by molar-refractivity contribution is 5.78. The number of carbonyl (C=O) groups is 2. The number of piperidine rings is 1. The van der Waals surface area contributed by atoms with Gasteiger partial charge in [0.25, 0.3) is 0 Å². The second-order valence-corrected chi connectivity index (χ2v) is 6.90. The van der Waals surface area contributed by atoms with Gasteiger partial charge < -0.3 is 10.0 Å². The van der Waals surface area contributed by atoms with E-state index in [4.69, 9.17) is 5.11 Å². The molecule has 0 bridgehead atoms. The third-order valence-electron chi connectivity index (χ3n) is 5.28. The van der Waals surface area contributed by atoms with Crippen LogP contribution in [0.25, 0.3) is 0 Å². The molecule has 2 rings (SSSR count). The van der Waals surface area contributed by atoms with Crippen LogP contribution in [0.1, 0.15) is 71.1 Å². The van der Waals surface area contributed by atoms with Crippen molar-refractivity contribution in [1.82, 2.24) is 4.90 Å². The van der Waals surface area contributed by atoms with Crippen LogP contribution in [0.3, 0.4) is 0 Å². The highest BCUT2D eigenvalue weighted by Crippen LogP contribution is 2.28. The molecule has 21 heavy (non-hydrogen) atoms. The normalized spacial score (nSPS) is 27.6. The molecular weight excluding hydrogens is 266 g/mol. The Morgan fingerprint density at radius 2 is 1.81 bits per heavy atom. The molecule has 1 N–H and O–H groups in total. The van der Waals surface area contributed by atoms with Crippen molar-refractivity contribution in [3.8, 4) is 0 Å². The lowest BCUT2D eigenvalue weighted by Crippen LogP contribution is -2.47. The summed E-state index contributed by atoms with van der Waals surface area (Å²) in [5.74, 6) is -0.160. The van der Waals surface area contributed by atoms with Gasteiger partial charge in [0, 0.05) is 19.0 Å². The summed E-state index contributed by atoms with van der Waals surface area (Å²) in [6.45, 7) is 2.44. The summed E-state index contributed by atoms with van der Waals surface area (Å²) in [5.41, 5.74) is 0. The summed E-state index contributed by atoms with van der Waals surface area (Å²) in [5, 5.41) is 9.13. The molecule has 0 aromatic heterocycles. The predicted octanol–water partition coefficient (Wildman–Crippen LogP) is 3.45. The minimum atomic E-state index is -0.762. The number of likely N-dealkylation sites (tertiary alicyclic amines) is 1. The number of hydrogen-bond donors (Lipinski definition) is 1. The van der Waals surface area contributed by atoms with Crippen molar-refractivity contribution in [3.05, 3.63) is 0 Å². The van der Waals surface area contributed by atoms with Gasteiger partial charge in [0.15, 0.2) is 0 Å². The number of aliphatic carboxylic acids is 1. The first-order valence-corrected chi connectivity index (χ1v) is 8.60. The third-order valence-corrected chi connectivity index (χ3v) is 5.28. The Morgan fingerprint density at radius 1 is 1.10 bits per heavy atom. The van der Waals surface area contributed by atoms with E-state index in [1.807, 2.05) is 11.8 Å². The lowest BCUT2D eigenvalue weighted by Gasteiger charge is -2.36. The quantitative estimate of drug-likeness (QED) is 0.845. The maximum Gasteiger partial charge on any atom is 0.308 e. The predicted molar refractivity (Wildman–Crippen MR) is 82.0 cm³/mol. The van der Waals surface area contributed by atoms with Crippen molar-refractivity contribution in [2.24, 2.45) is 11.8 Å². The second kappa shape index (κ2) is 7.81. The first-order valence-electron chi connectivity index (χ1n) is 8.60. The van der Waals surface area contributed by atoms with Gasteiger partial charge in [-0.3, -0.25) is 9.59 Å². The summed E-state index contributed by atoms with van der Waals surface area (Å²) in [6.07, 6.45) is 11.0. The molecule has 1 saturated heterocycles. The molecule has 4 heteroatoms. The van der Waals surface area contributed by atoms with Crippen LogP contribution in [0, 0.1) is 11.8 Å². The van der Waals surface area contributed by atoms with E-state index in [2.05, 4.69) is 0 Å². The van der Waals surface area contributed by atoms with E-state index < -0.39 is 5.97 Å². The van der Waals surface area contributed by atoms with E-state index in [0.717, 1.165) is 25.2 Å². The zero-order valence-corrected chi connectivity index (χ0v) is 13.2. The van der Waals surface area contributed by atoms with E-state index in [9.17, 15) is 9.59 Å². The van der Waals surface area contributed by atoms with Crippen LogP contribution in [0.15, 0.2) is 0 Å². The van der Waals surface area contributed by atoms with Gasteiger partial charge in [-0.15, -0.1) is 0 Å². The van der Waals surface area contributed by atoms with E-state index in [0.29, 0.717) is 19.4 Å². The summed E-state index contributed by atoms with van der Waals surface area (Å²) < 4.78 is 0. The molecule has 2 aliphatic rings. The monoisotopic (exact) mass is 295 g/mol. The van der Waals surface area contributed by atoms with E-state index in [-0.39, 0.29) is 17.9 Å². The number of amides is 1. The molecule has 1 aliphatic carbocycles. The standard InChI is InChI=1S/C17H29NO3/c1-13-10-11-15(17(20)21)12-18(13)16(19)9-5-8-14-6-3-2-4-7-14/h13-15H,2-12H2,1H3,(H,20,21). The largest absolute Gasteiger partial charge is 0.481 e. The van der Waals surface area contributed by atoms with Crippen molar-refractivity contribution in [3.63, 3.8) is 0 Å². The molecule has 0 radical (unpaired) electrons. The minimum absolute atomic E-state index is 0.157. The SMILES string of the molecule is CC1CCC(C(=O)O)CN1C(=O)CCCC1CCCCC1. The third kappa shape index (κ3) is 4.72. The van der Waals surface area contributed by atoms with E-state index >= 15 is 0 Å². The second-order valence-electron chi connectivity index (χ2n) is 6.90. The highest BCUT2D eigenvalue weighted by atomic mass is 16.4. The minimum Gasteiger partial charge on any atom is -0.481 e. The average Bonchev–Trinajstić information content (AvgIpc) is 2.48. The van der Waals surface area contributed by atoms with Crippen molar-refractivity contribution < 1.29 is 14.7 Å². The fraction of sp³-hybridized carbons (Fsp3) is 0.882. The van der Waals surface area contributed by atoms with Crippen LogP contribution in [0.2, 0.25) is 0 Å². The molecule has 120 valence electrons. The Labute approximate surface area is 127 Å². The van der Waals surface area contributed by atoms with Crippen LogP contribution in [-0.2, 0) is 9.59 Å². The van der Waals surface area contributed by atoms with Crippen LogP contribution in [0.5, 0.6) is 0 Å². The van der Waals surface area contributed by atoms with Crippen molar-refractivity contribution >= 4 is 11.9 Å². The summed E-state index contributed by atoms with van der Waals surface area (Å²) >= 11 is 0. The summed E-state index contributed by atoms with van der Waals surface area (Å²) in [7, 11) is 0. The van der Waals surface area contributed by atoms with Gasteiger partial charge >= 0.3 is 5.97 Å². The number of hydrogen-bond acceptors (Lipinski definition) is 2. The molecule has 1 aliphatic heterocycles. The lowest BCUT2D eigenvalue weighted by atomic mass is 9.85. The molecule has 0 aromatic carbocycles.